The molecule has 3 N–H and O–H groups in total. The van der Waals surface area contributed by atoms with E-state index >= 15 is 0 Å². The van der Waals surface area contributed by atoms with Crippen LogP contribution in [0, 0.1) is 0 Å². The van der Waals surface area contributed by atoms with Gasteiger partial charge in [-0.3, -0.25) is 9.89 Å². The van der Waals surface area contributed by atoms with Crippen molar-refractivity contribution in [3.63, 3.8) is 0 Å². The average Bonchev–Trinajstić information content (AvgIpc) is 2.62. The molecule has 96 valence electrons. The van der Waals surface area contributed by atoms with Gasteiger partial charge in [0.2, 0.25) is 0 Å². The first-order valence-electron chi connectivity index (χ1n) is 5.08. The third-order valence-corrected chi connectivity index (χ3v) is 3.19. The number of rotatable bonds is 3. The van der Waals surface area contributed by atoms with E-state index in [0.717, 1.165) is 0 Å². The second kappa shape index (κ2) is 5.06. The van der Waals surface area contributed by atoms with Crippen molar-refractivity contribution in [3.8, 4) is 5.69 Å². The van der Waals surface area contributed by atoms with E-state index in [1.165, 1.54) is 11.8 Å². The zero-order chi connectivity index (χ0) is 13.3. The number of hydrogen-bond donors (Lipinski definition) is 2. The summed E-state index contributed by atoms with van der Waals surface area (Å²) in [4.78, 5) is 11.9. The van der Waals surface area contributed by atoms with E-state index < -0.39 is 0 Å². The number of nitrogens with two attached hydrogens (primary N) is 1. The molecule has 0 spiro atoms. The zero-order valence-corrected chi connectivity index (χ0v) is 11.0. The van der Waals surface area contributed by atoms with E-state index in [1.807, 2.05) is 0 Å². The van der Waals surface area contributed by atoms with E-state index in [-0.39, 0.29) is 17.9 Å². The van der Waals surface area contributed by atoms with Crippen LogP contribution in [-0.2, 0) is 11.3 Å². The quantitative estimate of drug-likeness (QED) is 0.909. The highest BCUT2D eigenvalue weighted by Crippen LogP contribution is 2.24. The Morgan fingerprint density at radius 3 is 2.72 bits per heavy atom. The van der Waals surface area contributed by atoms with Gasteiger partial charge >= 0.3 is 0 Å². The van der Waals surface area contributed by atoms with Crippen molar-refractivity contribution in [1.82, 2.24) is 9.78 Å². The Labute approximate surface area is 113 Å². The first-order chi connectivity index (χ1) is 8.54. The van der Waals surface area contributed by atoms with Crippen LogP contribution < -0.4 is 11.3 Å². The van der Waals surface area contributed by atoms with Gasteiger partial charge in [-0.25, -0.2) is 4.68 Å². The minimum atomic E-state index is -0.347. The predicted octanol–water partition coefficient (Wildman–Crippen LogP) is 2.20. The maximum Gasteiger partial charge on any atom is 0.294 e. The Hall–Kier alpha value is -1.43. The van der Waals surface area contributed by atoms with Crippen molar-refractivity contribution in [2.24, 2.45) is 0 Å². The lowest BCUT2D eigenvalue weighted by Gasteiger charge is -2.03. The molecule has 0 amide bonds. The Morgan fingerprint density at radius 2 is 2.11 bits per heavy atom. The molecule has 0 fully saturated rings. The normalized spacial score (nSPS) is 10.8. The predicted molar refractivity (Wildman–Crippen MR) is 71.5 cm³/mol. The van der Waals surface area contributed by atoms with Gasteiger partial charge < -0.3 is 10.5 Å². The first kappa shape index (κ1) is 13.0. The highest BCUT2D eigenvalue weighted by molar-refractivity contribution is 6.42. The number of anilines is 1. The summed E-state index contributed by atoms with van der Waals surface area (Å²) in [5.41, 5.74) is 6.55. The molecule has 0 radical (unpaired) electrons. The van der Waals surface area contributed by atoms with E-state index in [2.05, 4.69) is 5.10 Å². The highest BCUT2D eigenvalue weighted by atomic mass is 35.5. The van der Waals surface area contributed by atoms with Crippen LogP contribution in [0.15, 0.2) is 23.0 Å². The molecule has 0 saturated carbocycles. The van der Waals surface area contributed by atoms with Gasteiger partial charge in [-0.05, 0) is 18.2 Å². The standard InChI is InChI=1S/C11H11Cl2N3O2/c1-18-5-9-10(14)11(17)16(15-9)6-2-3-7(12)8(13)4-6/h2-4,15H,5,14H2,1H3. The summed E-state index contributed by atoms with van der Waals surface area (Å²) in [7, 11) is 1.52. The van der Waals surface area contributed by atoms with Gasteiger partial charge in [-0.1, -0.05) is 23.2 Å². The second-order valence-corrected chi connectivity index (χ2v) is 4.49. The van der Waals surface area contributed by atoms with Crippen molar-refractivity contribution >= 4 is 28.9 Å². The highest BCUT2D eigenvalue weighted by Gasteiger charge is 2.12. The maximum absolute atomic E-state index is 11.9. The summed E-state index contributed by atoms with van der Waals surface area (Å²) in [6.45, 7) is 0.232. The van der Waals surface area contributed by atoms with E-state index in [9.17, 15) is 4.79 Å². The zero-order valence-electron chi connectivity index (χ0n) is 9.54. The minimum absolute atomic E-state index is 0.128. The van der Waals surface area contributed by atoms with Crippen molar-refractivity contribution < 1.29 is 4.74 Å². The van der Waals surface area contributed by atoms with Crippen LogP contribution in [0.1, 0.15) is 5.69 Å². The largest absolute Gasteiger partial charge is 0.393 e. The lowest BCUT2D eigenvalue weighted by molar-refractivity contribution is 0.181. The first-order valence-corrected chi connectivity index (χ1v) is 5.84. The molecule has 0 atom stereocenters. The van der Waals surface area contributed by atoms with Gasteiger partial charge in [-0.2, -0.15) is 0 Å². The molecule has 5 nitrogen and oxygen atoms in total. The molecule has 0 bridgehead atoms. The number of aromatic nitrogens is 2. The molecule has 2 aromatic rings. The fourth-order valence-electron chi connectivity index (χ4n) is 1.56. The molecule has 0 aliphatic heterocycles. The minimum Gasteiger partial charge on any atom is -0.393 e. The number of nitrogens with zero attached hydrogens (tertiary/aromatic N) is 1. The SMILES string of the molecule is COCc1[nH]n(-c2ccc(Cl)c(Cl)c2)c(=O)c1N. The Bertz CT molecular complexity index is 634. The number of H-pyrrole nitrogens is 1. The number of halogens is 2. The fraction of sp³-hybridized carbons (Fsp3) is 0.182. The van der Waals surface area contributed by atoms with Crippen LogP contribution >= 0.6 is 23.2 Å². The molecular formula is C11H11Cl2N3O2. The molecule has 1 aromatic heterocycles. The molecular weight excluding hydrogens is 277 g/mol. The molecule has 7 heteroatoms. The number of nitrogen functional groups attached to an aromatic ring is 1. The summed E-state index contributed by atoms with van der Waals surface area (Å²) in [5.74, 6) is 0. The van der Waals surface area contributed by atoms with Gasteiger partial charge in [0.1, 0.15) is 5.69 Å². The summed E-state index contributed by atoms with van der Waals surface area (Å²) in [5, 5.41) is 3.65. The topological polar surface area (TPSA) is 73.0 Å². The van der Waals surface area contributed by atoms with E-state index in [4.69, 9.17) is 33.7 Å². The van der Waals surface area contributed by atoms with Crippen LogP contribution in [-0.4, -0.2) is 16.9 Å². The molecule has 18 heavy (non-hydrogen) atoms. The summed E-state index contributed by atoms with van der Waals surface area (Å²) in [6.07, 6.45) is 0. The van der Waals surface area contributed by atoms with E-state index in [0.29, 0.717) is 21.4 Å². The van der Waals surface area contributed by atoms with E-state index in [1.54, 1.807) is 18.2 Å². The lowest BCUT2D eigenvalue weighted by atomic mass is 10.3. The van der Waals surface area contributed by atoms with Crippen LogP contribution in [0.3, 0.4) is 0 Å². The van der Waals surface area contributed by atoms with Crippen LogP contribution in [0.25, 0.3) is 5.69 Å². The van der Waals surface area contributed by atoms with Gasteiger partial charge in [-0.15, -0.1) is 0 Å². The summed E-state index contributed by atoms with van der Waals surface area (Å²) < 4.78 is 6.24. The molecule has 0 unspecified atom stereocenters. The molecule has 0 saturated heterocycles. The molecule has 0 aliphatic rings. The van der Waals surface area contributed by atoms with Gasteiger partial charge in [0.25, 0.3) is 5.56 Å². The smallest absolute Gasteiger partial charge is 0.294 e. The Balaban J connectivity index is 2.54. The van der Waals surface area contributed by atoms with Crippen LogP contribution in [0.4, 0.5) is 5.69 Å². The molecule has 1 aromatic carbocycles. The Kier molecular flexibility index (Phi) is 3.65. The van der Waals surface area contributed by atoms with Crippen LogP contribution in [0.5, 0.6) is 0 Å². The maximum atomic E-state index is 11.9. The number of nitrogens with one attached hydrogen (secondary N) is 1. The van der Waals surface area contributed by atoms with Crippen molar-refractivity contribution in [2.75, 3.05) is 12.8 Å². The number of methoxy groups -OCH3 is 1. The third kappa shape index (κ3) is 2.25. The fourth-order valence-corrected chi connectivity index (χ4v) is 1.85. The Morgan fingerprint density at radius 1 is 1.39 bits per heavy atom. The van der Waals surface area contributed by atoms with Gasteiger partial charge in [0.05, 0.1) is 28.0 Å². The monoisotopic (exact) mass is 287 g/mol. The summed E-state index contributed by atoms with van der Waals surface area (Å²) >= 11 is 11.7. The van der Waals surface area contributed by atoms with Crippen molar-refractivity contribution in [1.29, 1.82) is 0 Å². The average molecular weight is 288 g/mol. The number of aromatic amines is 1. The lowest BCUT2D eigenvalue weighted by Crippen LogP contribution is -2.16. The van der Waals surface area contributed by atoms with Gasteiger partial charge in [0, 0.05) is 7.11 Å². The molecule has 2 rings (SSSR count). The number of ether oxygens (including phenoxy) is 1. The number of benzene rings is 1. The third-order valence-electron chi connectivity index (χ3n) is 2.46. The summed E-state index contributed by atoms with van der Waals surface area (Å²) in [6, 6.07) is 4.86. The van der Waals surface area contributed by atoms with Crippen molar-refractivity contribution in [3.05, 3.63) is 44.3 Å². The van der Waals surface area contributed by atoms with Crippen LogP contribution in [0.2, 0.25) is 10.0 Å². The molecule has 0 aliphatic carbocycles. The van der Waals surface area contributed by atoms with Gasteiger partial charge in [0.15, 0.2) is 0 Å². The molecule has 1 heterocycles. The second-order valence-electron chi connectivity index (χ2n) is 3.68. The van der Waals surface area contributed by atoms with Crippen molar-refractivity contribution in [2.45, 2.75) is 6.61 Å². The number of hydrogen-bond acceptors (Lipinski definition) is 3.